The standard InChI is InChI=1S/C15H19ClN6O2/c1-8-7-9(11(17)10(16)13(8)23)19-12-14(18)21-5-3-20(2)4-6-22(21)15(12)24/h7H,3-6,17-18H2,1-2H3/b19-9-. The molecule has 1 aliphatic heterocycles. The Kier molecular flexibility index (Phi) is 4.10. The third kappa shape index (κ3) is 2.57. The Morgan fingerprint density at radius 2 is 1.75 bits per heavy atom. The van der Waals surface area contributed by atoms with Gasteiger partial charge in [0.05, 0.1) is 24.5 Å². The topological polar surface area (TPSA) is 112 Å². The molecule has 8 nitrogen and oxygen atoms in total. The second-order valence-corrected chi connectivity index (χ2v) is 6.35. The third-order valence-electron chi connectivity index (χ3n) is 4.29. The van der Waals surface area contributed by atoms with E-state index in [1.807, 2.05) is 7.05 Å². The largest absolute Gasteiger partial charge is 0.396 e. The van der Waals surface area contributed by atoms with Gasteiger partial charge in [0, 0.05) is 18.7 Å². The number of carbonyl (C=O) groups excluding carboxylic acids is 1. The minimum Gasteiger partial charge on any atom is -0.396 e. The predicted molar refractivity (Wildman–Crippen MR) is 93.5 cm³/mol. The van der Waals surface area contributed by atoms with Crippen LogP contribution in [0.5, 0.6) is 0 Å². The summed E-state index contributed by atoms with van der Waals surface area (Å²) in [4.78, 5) is 30.9. The van der Waals surface area contributed by atoms with Gasteiger partial charge in [-0.15, -0.1) is 0 Å². The highest BCUT2D eigenvalue weighted by molar-refractivity contribution is 6.49. The molecular weight excluding hydrogens is 332 g/mol. The van der Waals surface area contributed by atoms with Crippen molar-refractivity contribution in [3.8, 4) is 0 Å². The summed E-state index contributed by atoms with van der Waals surface area (Å²) in [6, 6.07) is 0. The fourth-order valence-corrected chi connectivity index (χ4v) is 3.02. The van der Waals surface area contributed by atoms with Crippen LogP contribution in [0.1, 0.15) is 6.92 Å². The van der Waals surface area contributed by atoms with E-state index < -0.39 is 0 Å². The van der Waals surface area contributed by atoms with Crippen molar-refractivity contribution in [2.45, 2.75) is 20.0 Å². The zero-order chi connectivity index (χ0) is 17.6. The molecule has 128 valence electrons. The molecule has 0 fully saturated rings. The van der Waals surface area contributed by atoms with E-state index in [1.54, 1.807) is 16.3 Å². The highest BCUT2D eigenvalue weighted by atomic mass is 35.5. The summed E-state index contributed by atoms with van der Waals surface area (Å²) < 4.78 is 3.32. The lowest BCUT2D eigenvalue weighted by Crippen LogP contribution is -2.25. The second kappa shape index (κ2) is 5.95. The number of aromatic nitrogens is 2. The van der Waals surface area contributed by atoms with Gasteiger partial charge in [-0.2, -0.15) is 0 Å². The first-order valence-electron chi connectivity index (χ1n) is 7.56. The van der Waals surface area contributed by atoms with Crippen molar-refractivity contribution in [1.29, 1.82) is 0 Å². The van der Waals surface area contributed by atoms with Gasteiger partial charge in [-0.05, 0) is 20.0 Å². The number of rotatable bonds is 1. The number of fused-ring (bicyclic) bond motifs is 1. The normalized spacial score (nSPS) is 21.0. The molecule has 0 aromatic carbocycles. The number of hydrogen-bond acceptors (Lipinski definition) is 6. The maximum Gasteiger partial charge on any atom is 0.294 e. The molecule has 4 N–H and O–H groups in total. The molecule has 0 radical (unpaired) electrons. The molecule has 1 aliphatic carbocycles. The number of likely N-dealkylation sites (N-methyl/N-ethyl adjacent to an activating group) is 1. The van der Waals surface area contributed by atoms with Crippen molar-refractivity contribution in [3.63, 3.8) is 0 Å². The maximum absolute atomic E-state index is 12.7. The van der Waals surface area contributed by atoms with E-state index in [1.165, 1.54) is 6.08 Å². The quantitative estimate of drug-likeness (QED) is 0.702. The molecule has 0 saturated heterocycles. The Morgan fingerprint density at radius 1 is 1.12 bits per heavy atom. The van der Waals surface area contributed by atoms with Crippen molar-refractivity contribution >= 4 is 34.6 Å². The van der Waals surface area contributed by atoms with Crippen LogP contribution < -0.4 is 17.0 Å². The molecular formula is C15H19ClN6O2. The van der Waals surface area contributed by atoms with Crippen LogP contribution in [0.2, 0.25) is 0 Å². The number of Topliss-reactive ketones (excluding diaryl/α,β-unsaturated/α-hetero) is 1. The number of halogens is 1. The second-order valence-electron chi connectivity index (χ2n) is 5.97. The highest BCUT2D eigenvalue weighted by Gasteiger charge is 2.25. The van der Waals surface area contributed by atoms with Crippen molar-refractivity contribution < 1.29 is 4.79 Å². The number of ketones is 1. The molecule has 1 aromatic rings. The molecule has 0 amide bonds. The van der Waals surface area contributed by atoms with Crippen LogP contribution >= 0.6 is 11.6 Å². The monoisotopic (exact) mass is 350 g/mol. The van der Waals surface area contributed by atoms with Crippen LogP contribution in [-0.2, 0) is 17.9 Å². The van der Waals surface area contributed by atoms with Gasteiger partial charge < -0.3 is 16.4 Å². The predicted octanol–water partition coefficient (Wildman–Crippen LogP) is 0.188. The van der Waals surface area contributed by atoms with Gasteiger partial charge in [-0.1, -0.05) is 11.6 Å². The Bertz CT molecular complexity index is 873. The van der Waals surface area contributed by atoms with Gasteiger partial charge in [-0.3, -0.25) is 14.3 Å². The first-order chi connectivity index (χ1) is 11.3. The van der Waals surface area contributed by atoms with E-state index in [0.717, 1.165) is 13.1 Å². The summed E-state index contributed by atoms with van der Waals surface area (Å²) in [7, 11) is 1.99. The van der Waals surface area contributed by atoms with Gasteiger partial charge in [-0.25, -0.2) is 9.67 Å². The minimum absolute atomic E-state index is 0.0530. The molecule has 9 heteroatoms. The van der Waals surface area contributed by atoms with E-state index in [9.17, 15) is 9.59 Å². The van der Waals surface area contributed by atoms with E-state index in [4.69, 9.17) is 23.1 Å². The zero-order valence-corrected chi connectivity index (χ0v) is 14.3. The number of nitrogen functional groups attached to an aromatic ring is 1. The van der Waals surface area contributed by atoms with Gasteiger partial charge in [0.25, 0.3) is 5.56 Å². The first kappa shape index (κ1) is 16.5. The Morgan fingerprint density at radius 3 is 2.42 bits per heavy atom. The summed E-state index contributed by atoms with van der Waals surface area (Å²) in [6.45, 7) is 4.29. The van der Waals surface area contributed by atoms with Crippen molar-refractivity contribution in [1.82, 2.24) is 14.3 Å². The number of anilines is 1. The molecule has 0 atom stereocenters. The molecule has 0 saturated carbocycles. The Hall–Kier alpha value is -2.32. The number of allylic oxidation sites excluding steroid dienone is 3. The number of nitrogens with zero attached hydrogens (tertiary/aromatic N) is 4. The fraction of sp³-hybridized carbons (Fsp3) is 0.400. The van der Waals surface area contributed by atoms with Crippen molar-refractivity contribution in [2.24, 2.45) is 10.7 Å². The average molecular weight is 351 g/mol. The van der Waals surface area contributed by atoms with Gasteiger partial charge in [0.15, 0.2) is 11.5 Å². The fourth-order valence-electron chi connectivity index (χ4n) is 2.77. The lowest BCUT2D eigenvalue weighted by atomic mass is 10.0. The molecule has 0 bridgehead atoms. The molecule has 2 heterocycles. The first-order valence-corrected chi connectivity index (χ1v) is 7.94. The number of aliphatic imine (C=N–C) groups is 1. The third-order valence-corrected chi connectivity index (χ3v) is 4.67. The SMILES string of the molecule is CC1=C/C(=N/c2c(N)n3n(c2=O)CCN(C)CC3)C(N)=C(Cl)C1=O. The van der Waals surface area contributed by atoms with Crippen LogP contribution in [-0.4, -0.2) is 45.9 Å². The molecule has 1 aromatic heterocycles. The summed E-state index contributed by atoms with van der Waals surface area (Å²) in [5.41, 5.74) is 12.6. The molecule has 2 aliphatic rings. The summed E-state index contributed by atoms with van der Waals surface area (Å²) in [5, 5.41) is -0.0881. The summed E-state index contributed by atoms with van der Waals surface area (Å²) in [6.07, 6.45) is 1.52. The molecule has 3 rings (SSSR count). The maximum atomic E-state index is 12.7. The van der Waals surface area contributed by atoms with Crippen molar-refractivity contribution in [2.75, 3.05) is 25.9 Å². The number of nitrogens with two attached hydrogens (primary N) is 2. The van der Waals surface area contributed by atoms with E-state index >= 15 is 0 Å². The Labute approximate surface area is 143 Å². The average Bonchev–Trinajstić information content (AvgIpc) is 2.69. The van der Waals surface area contributed by atoms with Crippen LogP contribution in [0.25, 0.3) is 0 Å². The molecule has 24 heavy (non-hydrogen) atoms. The van der Waals surface area contributed by atoms with Crippen molar-refractivity contribution in [3.05, 3.63) is 32.7 Å². The zero-order valence-electron chi connectivity index (χ0n) is 13.5. The smallest absolute Gasteiger partial charge is 0.294 e. The number of hydrogen-bond donors (Lipinski definition) is 2. The van der Waals surface area contributed by atoms with Gasteiger partial charge >= 0.3 is 0 Å². The Balaban J connectivity index is 2.11. The molecule has 0 unspecified atom stereocenters. The lowest BCUT2D eigenvalue weighted by molar-refractivity contribution is -0.111. The van der Waals surface area contributed by atoms with E-state index in [2.05, 4.69) is 9.89 Å². The summed E-state index contributed by atoms with van der Waals surface area (Å²) >= 11 is 5.95. The minimum atomic E-state index is -0.339. The van der Waals surface area contributed by atoms with Gasteiger partial charge in [0.1, 0.15) is 5.03 Å². The summed E-state index contributed by atoms with van der Waals surface area (Å²) in [5.74, 6) is -0.0526. The van der Waals surface area contributed by atoms with Gasteiger partial charge in [0.2, 0.25) is 5.78 Å². The van der Waals surface area contributed by atoms with Crippen LogP contribution in [0.4, 0.5) is 11.5 Å². The highest BCUT2D eigenvalue weighted by Crippen LogP contribution is 2.25. The molecule has 0 spiro atoms. The van der Waals surface area contributed by atoms with E-state index in [-0.39, 0.29) is 39.3 Å². The van der Waals surface area contributed by atoms with Crippen LogP contribution in [0.15, 0.2) is 32.2 Å². The number of carbonyl (C=O) groups is 1. The van der Waals surface area contributed by atoms with Crippen LogP contribution in [0.3, 0.4) is 0 Å². The lowest BCUT2D eigenvalue weighted by Gasteiger charge is -2.12. The van der Waals surface area contributed by atoms with Crippen LogP contribution in [0, 0.1) is 0 Å². The van der Waals surface area contributed by atoms with E-state index in [0.29, 0.717) is 18.7 Å².